The van der Waals surface area contributed by atoms with Crippen LogP contribution >= 0.6 is 0 Å². The van der Waals surface area contributed by atoms with Crippen molar-refractivity contribution in [3.05, 3.63) is 17.8 Å². The second-order valence-electron chi connectivity index (χ2n) is 7.20. The van der Waals surface area contributed by atoms with Crippen molar-refractivity contribution in [2.45, 2.75) is 39.3 Å². The molecule has 3 heterocycles. The number of likely N-dealkylation sites (N-methyl/N-ethyl adjacent to an activating group) is 1. The van der Waals surface area contributed by atoms with Gasteiger partial charge in [0, 0.05) is 33.3 Å². The second kappa shape index (κ2) is 6.90. The Morgan fingerprint density at radius 3 is 2.88 bits per heavy atom. The lowest BCUT2D eigenvalue weighted by Crippen LogP contribution is -2.39. The summed E-state index contributed by atoms with van der Waals surface area (Å²) in [5.74, 6) is 1.71. The van der Waals surface area contributed by atoms with Crippen molar-refractivity contribution in [3.63, 3.8) is 0 Å². The topological polar surface area (TPSA) is 74.8 Å². The van der Waals surface area contributed by atoms with Crippen molar-refractivity contribution in [2.24, 2.45) is 5.92 Å². The van der Waals surface area contributed by atoms with Crippen LogP contribution in [0.2, 0.25) is 0 Å². The number of likely N-dealkylation sites (tertiary alicyclic amines) is 1. The molecule has 2 aliphatic heterocycles. The average Bonchev–Trinajstić information content (AvgIpc) is 3.09. The minimum atomic E-state index is -0.0654. The fraction of sp³-hybridized carbons (Fsp3) is 0.611. The number of nitrogens with one attached hydrogen (secondary N) is 1. The van der Waals surface area contributed by atoms with Crippen LogP contribution in [-0.2, 0) is 4.79 Å². The molecule has 2 aliphatic rings. The van der Waals surface area contributed by atoms with Gasteiger partial charge in [-0.25, -0.2) is 4.98 Å². The van der Waals surface area contributed by atoms with Crippen molar-refractivity contribution in [1.29, 1.82) is 0 Å². The molecular weight excluding hydrogens is 320 g/mol. The predicted molar refractivity (Wildman–Crippen MR) is 94.7 cm³/mol. The van der Waals surface area contributed by atoms with Crippen LogP contribution in [0.4, 0.5) is 5.82 Å². The summed E-state index contributed by atoms with van der Waals surface area (Å²) in [5, 5.41) is 3.36. The molecule has 1 aromatic heterocycles. The Kier molecular flexibility index (Phi) is 4.83. The first-order chi connectivity index (χ1) is 11.9. The summed E-state index contributed by atoms with van der Waals surface area (Å²) in [6.07, 6.45) is 2.40. The predicted octanol–water partition coefficient (Wildman–Crippen LogP) is 1.60. The number of hydrogen-bond donors (Lipinski definition) is 1. The number of carbonyl (C=O) groups excluding carboxylic acids is 2. The summed E-state index contributed by atoms with van der Waals surface area (Å²) in [5.41, 5.74) is 0.523. The van der Waals surface area contributed by atoms with Crippen molar-refractivity contribution < 1.29 is 14.3 Å². The second-order valence-corrected chi connectivity index (χ2v) is 7.20. The van der Waals surface area contributed by atoms with Crippen LogP contribution in [0, 0.1) is 5.92 Å². The quantitative estimate of drug-likeness (QED) is 0.900. The molecule has 136 valence electrons. The van der Waals surface area contributed by atoms with Gasteiger partial charge in [0.25, 0.3) is 5.91 Å². The van der Waals surface area contributed by atoms with E-state index in [1.165, 1.54) is 0 Å². The van der Waals surface area contributed by atoms with Crippen LogP contribution in [-0.4, -0.2) is 65.4 Å². The highest BCUT2D eigenvalue weighted by Crippen LogP contribution is 2.30. The lowest BCUT2D eigenvalue weighted by atomic mass is 10.0. The minimum Gasteiger partial charge on any atom is -0.488 e. The summed E-state index contributed by atoms with van der Waals surface area (Å²) in [7, 11) is 1.78. The molecule has 0 radical (unpaired) electrons. The van der Waals surface area contributed by atoms with Crippen molar-refractivity contribution in [1.82, 2.24) is 14.8 Å². The van der Waals surface area contributed by atoms with Crippen LogP contribution < -0.4 is 10.1 Å². The van der Waals surface area contributed by atoms with Gasteiger partial charge in [-0.15, -0.1) is 0 Å². The number of nitrogens with zero attached hydrogens (tertiary/aromatic N) is 3. The number of aromatic nitrogens is 1. The van der Waals surface area contributed by atoms with Gasteiger partial charge in [-0.3, -0.25) is 9.59 Å². The monoisotopic (exact) mass is 346 g/mol. The maximum atomic E-state index is 12.7. The Balaban J connectivity index is 1.69. The minimum absolute atomic E-state index is 0.0222. The van der Waals surface area contributed by atoms with Gasteiger partial charge < -0.3 is 19.9 Å². The molecular formula is C18H26N4O3. The highest BCUT2D eigenvalue weighted by molar-refractivity contribution is 5.95. The molecule has 0 bridgehead atoms. The van der Waals surface area contributed by atoms with Gasteiger partial charge >= 0.3 is 0 Å². The van der Waals surface area contributed by atoms with E-state index < -0.39 is 0 Å². The highest BCUT2D eigenvalue weighted by atomic mass is 16.5. The highest BCUT2D eigenvalue weighted by Gasteiger charge is 2.31. The molecule has 1 saturated heterocycles. The molecule has 3 rings (SSSR count). The van der Waals surface area contributed by atoms with E-state index >= 15 is 0 Å². The summed E-state index contributed by atoms with van der Waals surface area (Å²) in [6, 6.07) is 2.07. The van der Waals surface area contributed by atoms with Crippen LogP contribution in [0.15, 0.2) is 12.3 Å². The molecule has 1 fully saturated rings. The third-order valence-corrected chi connectivity index (χ3v) is 5.14. The first kappa shape index (κ1) is 17.5. The molecule has 7 nitrogen and oxygen atoms in total. The molecule has 0 aliphatic carbocycles. The zero-order chi connectivity index (χ0) is 18.1. The molecule has 0 spiro atoms. The molecule has 0 aromatic carbocycles. The third-order valence-electron chi connectivity index (χ3n) is 5.14. The zero-order valence-electron chi connectivity index (χ0n) is 15.3. The van der Waals surface area contributed by atoms with Crippen LogP contribution in [0.25, 0.3) is 0 Å². The van der Waals surface area contributed by atoms with Crippen molar-refractivity contribution in [3.8, 4) is 5.75 Å². The van der Waals surface area contributed by atoms with Crippen molar-refractivity contribution in [2.75, 3.05) is 32.1 Å². The van der Waals surface area contributed by atoms with Gasteiger partial charge in [0.2, 0.25) is 5.91 Å². The van der Waals surface area contributed by atoms with Gasteiger partial charge in [0.1, 0.15) is 6.61 Å². The van der Waals surface area contributed by atoms with E-state index in [9.17, 15) is 9.59 Å². The number of ether oxygens (including phenoxy) is 1. The molecule has 1 N–H and O–H groups in total. The third kappa shape index (κ3) is 3.55. The van der Waals surface area contributed by atoms with Gasteiger partial charge in [0.05, 0.1) is 17.6 Å². The number of hydrogen-bond acceptors (Lipinski definition) is 5. The largest absolute Gasteiger partial charge is 0.488 e. The fourth-order valence-electron chi connectivity index (χ4n) is 3.22. The molecule has 0 unspecified atom stereocenters. The maximum Gasteiger partial charge on any atom is 0.255 e. The first-order valence-electron chi connectivity index (χ1n) is 8.79. The van der Waals surface area contributed by atoms with Crippen LogP contribution in [0.5, 0.6) is 5.75 Å². The van der Waals surface area contributed by atoms with Gasteiger partial charge in [-0.05, 0) is 18.4 Å². The SMILES string of the molecule is CC(=O)N(C)[C@H]1CCN(C(=O)c2cnc3c(c2)OC[C@@H](C(C)C)N3)C1. The Labute approximate surface area is 148 Å². The number of fused-ring (bicyclic) bond motifs is 1. The first-order valence-corrected chi connectivity index (χ1v) is 8.79. The Morgan fingerprint density at radius 2 is 2.20 bits per heavy atom. The van der Waals surface area contributed by atoms with Crippen LogP contribution in [0.3, 0.4) is 0 Å². The van der Waals surface area contributed by atoms with Crippen molar-refractivity contribution >= 4 is 17.6 Å². The molecule has 2 atom stereocenters. The molecule has 7 heteroatoms. The maximum absolute atomic E-state index is 12.7. The smallest absolute Gasteiger partial charge is 0.255 e. The molecule has 2 amide bonds. The lowest BCUT2D eigenvalue weighted by molar-refractivity contribution is -0.129. The lowest BCUT2D eigenvalue weighted by Gasteiger charge is -2.29. The average molecular weight is 346 g/mol. The van der Waals surface area contributed by atoms with E-state index in [4.69, 9.17) is 4.74 Å². The van der Waals surface area contributed by atoms with E-state index in [1.807, 2.05) is 0 Å². The number of amides is 2. The number of pyridine rings is 1. The Bertz CT molecular complexity index is 676. The summed E-state index contributed by atoms with van der Waals surface area (Å²) < 4.78 is 5.79. The standard InChI is InChI=1S/C18H26N4O3/c1-11(2)15-10-25-16-7-13(8-19-17(16)20-15)18(24)22-6-5-14(9-22)21(4)12(3)23/h7-8,11,14-15H,5-6,9-10H2,1-4H3,(H,19,20)/t14-,15-/m0/s1. The number of carbonyl (C=O) groups is 2. The van der Waals surface area contributed by atoms with E-state index in [0.29, 0.717) is 42.7 Å². The summed E-state index contributed by atoms with van der Waals surface area (Å²) in [6.45, 7) is 7.58. The number of anilines is 1. The normalized spacial score (nSPS) is 22.2. The number of rotatable bonds is 3. The Hall–Kier alpha value is -2.31. The van der Waals surface area contributed by atoms with E-state index in [-0.39, 0.29) is 23.9 Å². The Morgan fingerprint density at radius 1 is 1.44 bits per heavy atom. The van der Waals surface area contributed by atoms with Crippen LogP contribution in [0.1, 0.15) is 37.6 Å². The molecule has 0 saturated carbocycles. The summed E-state index contributed by atoms with van der Waals surface area (Å²) in [4.78, 5) is 32.1. The van der Waals surface area contributed by atoms with E-state index in [2.05, 4.69) is 24.1 Å². The van der Waals surface area contributed by atoms with Gasteiger partial charge in [-0.2, -0.15) is 0 Å². The van der Waals surface area contributed by atoms with E-state index in [1.54, 1.807) is 36.0 Å². The molecule has 25 heavy (non-hydrogen) atoms. The zero-order valence-corrected chi connectivity index (χ0v) is 15.3. The fourth-order valence-corrected chi connectivity index (χ4v) is 3.22. The van der Waals surface area contributed by atoms with Gasteiger partial charge in [-0.1, -0.05) is 13.8 Å². The van der Waals surface area contributed by atoms with E-state index in [0.717, 1.165) is 6.42 Å². The summed E-state index contributed by atoms with van der Waals surface area (Å²) >= 11 is 0. The van der Waals surface area contributed by atoms with Gasteiger partial charge in [0.15, 0.2) is 11.6 Å². The molecule has 1 aromatic rings.